The number of rotatable bonds is 0. The molecule has 0 atom stereocenters. The van der Waals surface area contributed by atoms with Crippen molar-refractivity contribution in [3.63, 3.8) is 0 Å². The molecule has 0 aliphatic rings. The van der Waals surface area contributed by atoms with E-state index in [4.69, 9.17) is 5.11 Å². The Morgan fingerprint density at radius 3 is 2.60 bits per heavy atom. The van der Waals surface area contributed by atoms with Gasteiger partial charge >= 0.3 is 0 Å². The van der Waals surface area contributed by atoms with E-state index < -0.39 is 5.82 Å². The van der Waals surface area contributed by atoms with E-state index in [0.717, 1.165) is 3.57 Å². The molecule has 0 heterocycles. The van der Waals surface area contributed by atoms with Gasteiger partial charge in [0.2, 0.25) is 0 Å². The predicted molar refractivity (Wildman–Crippen MR) is 45.5 cm³/mol. The first-order valence-electron chi connectivity index (χ1n) is 2.76. The number of phenols is 1. The highest BCUT2D eigenvalue weighted by atomic mass is 127. The molecule has 1 N–H and O–H groups in total. The average molecular weight is 252 g/mol. The van der Waals surface area contributed by atoms with Crippen LogP contribution in [-0.2, 0) is 0 Å². The molecule has 10 heavy (non-hydrogen) atoms. The van der Waals surface area contributed by atoms with Gasteiger partial charge in [-0.2, -0.15) is 0 Å². The fraction of sp³-hybridized carbons (Fsp3) is 0.143. The molecule has 0 amide bonds. The normalized spacial score (nSPS) is 9.90. The van der Waals surface area contributed by atoms with Crippen molar-refractivity contribution in [2.75, 3.05) is 0 Å². The van der Waals surface area contributed by atoms with E-state index >= 15 is 0 Å². The lowest BCUT2D eigenvalue weighted by molar-refractivity contribution is 0.428. The zero-order valence-corrected chi connectivity index (χ0v) is 7.52. The summed E-state index contributed by atoms with van der Waals surface area (Å²) in [7, 11) is 0. The maximum Gasteiger partial charge on any atom is 0.165 e. The Kier molecular flexibility index (Phi) is 2.13. The lowest BCUT2D eigenvalue weighted by Crippen LogP contribution is -1.84. The average Bonchev–Trinajstić information content (AvgIpc) is 1.93. The quantitative estimate of drug-likeness (QED) is 0.703. The minimum atomic E-state index is -0.557. The number of hydrogen-bond acceptors (Lipinski definition) is 1. The van der Waals surface area contributed by atoms with Crippen LogP contribution in [0.2, 0.25) is 0 Å². The summed E-state index contributed by atoms with van der Waals surface area (Å²) >= 11 is 2.04. The maximum absolute atomic E-state index is 12.5. The van der Waals surface area contributed by atoms with Gasteiger partial charge in [-0.3, -0.25) is 0 Å². The van der Waals surface area contributed by atoms with Crippen molar-refractivity contribution >= 4 is 22.6 Å². The van der Waals surface area contributed by atoms with Crippen molar-refractivity contribution < 1.29 is 9.50 Å². The number of halogens is 2. The molecule has 0 bridgehead atoms. The minimum Gasteiger partial charge on any atom is -0.505 e. The number of benzene rings is 1. The lowest BCUT2D eigenvalue weighted by Gasteiger charge is -2.00. The van der Waals surface area contributed by atoms with Crippen LogP contribution >= 0.6 is 22.6 Å². The number of phenolic OH excluding ortho intramolecular Hbond substituents is 1. The van der Waals surface area contributed by atoms with Crippen molar-refractivity contribution in [3.8, 4) is 5.75 Å². The first kappa shape index (κ1) is 7.78. The zero-order valence-electron chi connectivity index (χ0n) is 5.36. The highest BCUT2D eigenvalue weighted by molar-refractivity contribution is 14.1. The molecule has 0 saturated carbocycles. The van der Waals surface area contributed by atoms with Gasteiger partial charge in [0, 0.05) is 9.13 Å². The smallest absolute Gasteiger partial charge is 0.165 e. The molecule has 54 valence electrons. The highest BCUT2D eigenvalue weighted by Gasteiger charge is 2.04. The summed E-state index contributed by atoms with van der Waals surface area (Å²) in [4.78, 5) is 0. The van der Waals surface area contributed by atoms with Gasteiger partial charge in [-0.15, -0.1) is 0 Å². The SMILES string of the molecule is Cc1c(I)ccc(F)c1O. The molecule has 3 heteroatoms. The monoisotopic (exact) mass is 252 g/mol. The van der Waals surface area contributed by atoms with Crippen molar-refractivity contribution in [2.24, 2.45) is 0 Å². The van der Waals surface area contributed by atoms with Gasteiger partial charge in [-0.1, -0.05) is 0 Å². The Bertz CT molecular complexity index is 233. The van der Waals surface area contributed by atoms with Crippen LogP contribution in [0.5, 0.6) is 5.75 Å². The Labute approximate surface area is 72.0 Å². The fourth-order valence-corrected chi connectivity index (χ4v) is 1.08. The second-order valence-electron chi connectivity index (χ2n) is 2.00. The lowest BCUT2D eigenvalue weighted by atomic mass is 10.2. The van der Waals surface area contributed by atoms with Crippen LogP contribution in [0.1, 0.15) is 5.56 Å². The molecular formula is C7H6FIO. The number of hydrogen-bond donors (Lipinski definition) is 1. The Morgan fingerprint density at radius 1 is 1.50 bits per heavy atom. The largest absolute Gasteiger partial charge is 0.505 e. The van der Waals surface area contributed by atoms with E-state index in [2.05, 4.69) is 0 Å². The minimum absolute atomic E-state index is 0.244. The topological polar surface area (TPSA) is 20.2 Å². The molecule has 0 radical (unpaired) electrons. The van der Waals surface area contributed by atoms with Crippen LogP contribution < -0.4 is 0 Å². The van der Waals surface area contributed by atoms with Gasteiger partial charge in [0.15, 0.2) is 11.6 Å². The van der Waals surface area contributed by atoms with Gasteiger partial charge in [0.25, 0.3) is 0 Å². The first-order valence-corrected chi connectivity index (χ1v) is 3.84. The number of aromatic hydroxyl groups is 1. The third-order valence-corrected chi connectivity index (χ3v) is 2.48. The molecule has 0 aliphatic heterocycles. The van der Waals surface area contributed by atoms with Crippen molar-refractivity contribution in [3.05, 3.63) is 27.1 Å². The fourth-order valence-electron chi connectivity index (χ4n) is 0.642. The highest BCUT2D eigenvalue weighted by Crippen LogP contribution is 2.24. The second kappa shape index (κ2) is 2.74. The van der Waals surface area contributed by atoms with Crippen LogP contribution in [0.4, 0.5) is 4.39 Å². The summed E-state index contributed by atoms with van der Waals surface area (Å²) in [5, 5.41) is 9.01. The van der Waals surface area contributed by atoms with E-state index in [-0.39, 0.29) is 5.75 Å². The molecule has 0 aromatic heterocycles. The summed E-state index contributed by atoms with van der Waals surface area (Å²) in [6.45, 7) is 1.68. The van der Waals surface area contributed by atoms with Crippen LogP contribution in [0.25, 0.3) is 0 Å². The van der Waals surface area contributed by atoms with Gasteiger partial charge in [0.1, 0.15) is 0 Å². The van der Waals surface area contributed by atoms with Gasteiger partial charge < -0.3 is 5.11 Å². The Hall–Kier alpha value is -0.320. The molecule has 0 saturated heterocycles. The van der Waals surface area contributed by atoms with E-state index in [1.165, 1.54) is 6.07 Å². The van der Waals surface area contributed by atoms with E-state index in [1.54, 1.807) is 13.0 Å². The van der Waals surface area contributed by atoms with Gasteiger partial charge in [-0.25, -0.2) is 4.39 Å². The first-order chi connectivity index (χ1) is 4.63. The van der Waals surface area contributed by atoms with Crippen molar-refractivity contribution in [2.45, 2.75) is 6.92 Å². The van der Waals surface area contributed by atoms with Crippen LogP contribution in [0.15, 0.2) is 12.1 Å². The summed E-state index contributed by atoms with van der Waals surface area (Å²) < 4.78 is 13.4. The molecule has 0 unspecified atom stereocenters. The van der Waals surface area contributed by atoms with Gasteiger partial charge in [0.05, 0.1) is 0 Å². The van der Waals surface area contributed by atoms with E-state index in [1.807, 2.05) is 22.6 Å². The molecule has 0 aliphatic carbocycles. The second-order valence-corrected chi connectivity index (χ2v) is 3.17. The molecule has 1 aromatic rings. The molecule has 0 spiro atoms. The summed E-state index contributed by atoms with van der Waals surface area (Å²) in [5.41, 5.74) is 0.598. The molecule has 0 fully saturated rings. The summed E-state index contributed by atoms with van der Waals surface area (Å²) in [6.07, 6.45) is 0. The zero-order chi connectivity index (χ0) is 7.72. The Morgan fingerprint density at radius 2 is 2.10 bits per heavy atom. The molecular weight excluding hydrogens is 246 g/mol. The summed E-state index contributed by atoms with van der Waals surface area (Å²) in [5.74, 6) is -0.801. The summed E-state index contributed by atoms with van der Waals surface area (Å²) in [6, 6.07) is 2.88. The molecule has 1 nitrogen and oxygen atoms in total. The van der Waals surface area contributed by atoms with E-state index in [0.29, 0.717) is 5.56 Å². The third-order valence-electron chi connectivity index (χ3n) is 1.32. The predicted octanol–water partition coefficient (Wildman–Crippen LogP) is 2.44. The van der Waals surface area contributed by atoms with Crippen molar-refractivity contribution in [1.82, 2.24) is 0 Å². The maximum atomic E-state index is 12.5. The van der Waals surface area contributed by atoms with Crippen LogP contribution in [0.3, 0.4) is 0 Å². The Balaban J connectivity index is 3.34. The third kappa shape index (κ3) is 1.23. The molecule has 1 aromatic carbocycles. The van der Waals surface area contributed by atoms with Crippen molar-refractivity contribution in [1.29, 1.82) is 0 Å². The molecule has 1 rings (SSSR count). The van der Waals surface area contributed by atoms with Gasteiger partial charge in [-0.05, 0) is 41.6 Å². The standard InChI is InChI=1S/C7H6FIO/c1-4-6(9)3-2-5(8)7(4)10/h2-3,10H,1H3. The van der Waals surface area contributed by atoms with Crippen LogP contribution in [0, 0.1) is 16.3 Å². The van der Waals surface area contributed by atoms with Crippen LogP contribution in [-0.4, -0.2) is 5.11 Å². The van der Waals surface area contributed by atoms with E-state index in [9.17, 15) is 4.39 Å².